The Morgan fingerprint density at radius 1 is 1.05 bits per heavy atom. The fourth-order valence-electron chi connectivity index (χ4n) is 1.87. The molecule has 0 bridgehead atoms. The Balaban J connectivity index is 2.22. The molecule has 0 radical (unpaired) electrons. The van der Waals surface area contributed by atoms with E-state index in [2.05, 4.69) is 10.3 Å². The van der Waals surface area contributed by atoms with Gasteiger partial charge in [-0.3, -0.25) is 0 Å². The van der Waals surface area contributed by atoms with Crippen LogP contribution in [0.4, 0.5) is 16.3 Å². The number of anilines is 2. The highest BCUT2D eigenvalue weighted by atomic mass is 32.2. The molecule has 1 N–H and O–H groups in total. The molecule has 1 aliphatic rings. The van der Waals surface area contributed by atoms with Crippen molar-refractivity contribution in [2.24, 2.45) is 0 Å². The Morgan fingerprint density at radius 2 is 1.79 bits per heavy atom. The summed E-state index contributed by atoms with van der Waals surface area (Å²) in [5.74, 6) is 0.0644. The first-order valence-electron chi connectivity index (χ1n) is 5.47. The predicted molar refractivity (Wildman–Crippen MR) is 69.4 cm³/mol. The molecule has 1 aliphatic heterocycles. The number of urea groups is 1. The lowest BCUT2D eigenvalue weighted by Crippen LogP contribution is -2.44. The van der Waals surface area contributed by atoms with Crippen molar-refractivity contribution in [3.8, 4) is 0 Å². The van der Waals surface area contributed by atoms with Gasteiger partial charge in [-0.25, -0.2) is 18.2 Å². The van der Waals surface area contributed by atoms with E-state index in [-0.39, 0.29) is 16.4 Å². The zero-order valence-corrected chi connectivity index (χ0v) is 10.5. The second-order valence-corrected chi connectivity index (χ2v) is 5.64. The molecule has 96 valence electrons. The summed E-state index contributed by atoms with van der Waals surface area (Å²) in [6, 6.07) is 10.2. The number of nitrogens with one attached hydrogen (secondary N) is 1. The molecule has 6 nitrogen and oxygen atoms in total. The highest BCUT2D eigenvalue weighted by Gasteiger charge is 2.38. The number of sulfonamides is 1. The molecule has 0 unspecified atom stereocenters. The van der Waals surface area contributed by atoms with Crippen molar-refractivity contribution >= 4 is 27.6 Å². The number of rotatable bonds is 1. The highest BCUT2D eigenvalue weighted by Crippen LogP contribution is 2.32. The van der Waals surface area contributed by atoms with E-state index < -0.39 is 16.1 Å². The normalized spacial score (nSPS) is 16.6. The summed E-state index contributed by atoms with van der Waals surface area (Å²) in [5, 5.41) is 2.53. The van der Waals surface area contributed by atoms with E-state index in [9.17, 15) is 13.2 Å². The van der Waals surface area contributed by atoms with Crippen molar-refractivity contribution in [1.29, 1.82) is 0 Å². The van der Waals surface area contributed by atoms with Crippen molar-refractivity contribution in [2.75, 3.05) is 9.62 Å². The Morgan fingerprint density at radius 3 is 2.53 bits per heavy atom. The minimum absolute atomic E-state index is 0.0558. The van der Waals surface area contributed by atoms with Gasteiger partial charge in [0.05, 0.1) is 5.69 Å². The molecule has 0 saturated carbocycles. The third-order valence-corrected chi connectivity index (χ3v) is 4.43. The summed E-state index contributed by atoms with van der Waals surface area (Å²) >= 11 is 0. The van der Waals surface area contributed by atoms with Crippen LogP contribution in [0.3, 0.4) is 0 Å². The highest BCUT2D eigenvalue weighted by molar-refractivity contribution is 7.94. The third kappa shape index (κ3) is 1.75. The quantitative estimate of drug-likeness (QED) is 0.861. The van der Waals surface area contributed by atoms with Gasteiger partial charge >= 0.3 is 6.03 Å². The number of para-hydroxylation sites is 1. The molecule has 0 aliphatic carbocycles. The van der Waals surface area contributed by atoms with Crippen molar-refractivity contribution in [3.05, 3.63) is 48.7 Å². The average molecular weight is 275 g/mol. The lowest BCUT2D eigenvalue weighted by molar-refractivity contribution is 0.259. The number of amides is 2. The van der Waals surface area contributed by atoms with Gasteiger partial charge in [0, 0.05) is 6.20 Å². The minimum atomic E-state index is -3.93. The van der Waals surface area contributed by atoms with Crippen LogP contribution in [0, 0.1) is 0 Å². The van der Waals surface area contributed by atoms with E-state index in [0.717, 1.165) is 0 Å². The van der Waals surface area contributed by atoms with Crippen LogP contribution in [0.25, 0.3) is 0 Å². The SMILES string of the molecule is O=C1Nc2ccccc2S(=O)(=O)N1c1ccccn1. The largest absolute Gasteiger partial charge is 0.341 e. The van der Waals surface area contributed by atoms with E-state index in [0.29, 0.717) is 4.31 Å². The predicted octanol–water partition coefficient (Wildman–Crippen LogP) is 1.82. The van der Waals surface area contributed by atoms with E-state index in [1.54, 1.807) is 30.3 Å². The van der Waals surface area contributed by atoms with Crippen LogP contribution in [0.15, 0.2) is 53.6 Å². The molecule has 1 aromatic carbocycles. The van der Waals surface area contributed by atoms with E-state index in [4.69, 9.17) is 0 Å². The molecule has 3 rings (SSSR count). The summed E-state index contributed by atoms with van der Waals surface area (Å²) < 4.78 is 25.5. The zero-order chi connectivity index (χ0) is 13.5. The topological polar surface area (TPSA) is 79.4 Å². The molecule has 7 heteroatoms. The Kier molecular flexibility index (Phi) is 2.49. The van der Waals surface area contributed by atoms with Crippen molar-refractivity contribution < 1.29 is 13.2 Å². The summed E-state index contributed by atoms with van der Waals surface area (Å²) in [6.07, 6.45) is 1.43. The van der Waals surface area contributed by atoms with Crippen LogP contribution in [0.1, 0.15) is 0 Å². The number of carbonyl (C=O) groups excluding carboxylic acids is 1. The summed E-state index contributed by atoms with van der Waals surface area (Å²) in [4.78, 5) is 15.9. The lowest BCUT2D eigenvalue weighted by atomic mass is 10.3. The molecule has 0 atom stereocenters. The molecule has 0 saturated heterocycles. The van der Waals surface area contributed by atoms with Crippen LogP contribution >= 0.6 is 0 Å². The van der Waals surface area contributed by atoms with Crippen LogP contribution in [-0.4, -0.2) is 19.4 Å². The van der Waals surface area contributed by atoms with Gasteiger partial charge in [0.15, 0.2) is 5.82 Å². The van der Waals surface area contributed by atoms with Gasteiger partial charge in [-0.15, -0.1) is 0 Å². The number of nitrogens with zero attached hydrogens (tertiary/aromatic N) is 2. The van der Waals surface area contributed by atoms with Crippen molar-refractivity contribution in [1.82, 2.24) is 4.98 Å². The molecule has 2 amide bonds. The van der Waals surface area contributed by atoms with Crippen LogP contribution < -0.4 is 9.62 Å². The van der Waals surface area contributed by atoms with Crippen LogP contribution in [-0.2, 0) is 10.0 Å². The second-order valence-electron chi connectivity index (χ2n) is 3.88. The Bertz CT molecular complexity index is 744. The number of hydrogen-bond donors (Lipinski definition) is 1. The molecule has 0 fully saturated rings. The first kappa shape index (κ1) is 11.7. The fraction of sp³-hybridized carbons (Fsp3) is 0. The minimum Gasteiger partial charge on any atom is -0.305 e. The maximum absolute atomic E-state index is 12.4. The Hall–Kier alpha value is -2.41. The molecule has 2 aromatic rings. The van der Waals surface area contributed by atoms with E-state index in [1.165, 1.54) is 18.3 Å². The van der Waals surface area contributed by atoms with Gasteiger partial charge in [0.25, 0.3) is 10.0 Å². The molecular formula is C12H9N3O3S. The van der Waals surface area contributed by atoms with Gasteiger partial charge in [0.2, 0.25) is 0 Å². The van der Waals surface area contributed by atoms with Crippen LogP contribution in [0.5, 0.6) is 0 Å². The summed E-state index contributed by atoms with van der Waals surface area (Å²) in [6.45, 7) is 0. The Labute approximate surface area is 109 Å². The second kappa shape index (κ2) is 4.06. The van der Waals surface area contributed by atoms with Crippen molar-refractivity contribution in [3.63, 3.8) is 0 Å². The van der Waals surface area contributed by atoms with Gasteiger partial charge in [-0.05, 0) is 24.3 Å². The number of hydrogen-bond acceptors (Lipinski definition) is 4. The first-order chi connectivity index (χ1) is 9.10. The monoisotopic (exact) mass is 275 g/mol. The number of carbonyl (C=O) groups is 1. The van der Waals surface area contributed by atoms with Gasteiger partial charge in [0.1, 0.15) is 4.90 Å². The standard InChI is InChI=1S/C12H9N3O3S/c16-12-14-9-5-1-2-6-10(9)19(17,18)15(12)11-7-3-4-8-13-11/h1-8H,(H,14,16). The molecule has 2 heterocycles. The molecule has 0 spiro atoms. The van der Waals surface area contributed by atoms with Gasteiger partial charge in [-0.1, -0.05) is 18.2 Å². The summed E-state index contributed by atoms with van der Waals surface area (Å²) in [7, 11) is -3.93. The average Bonchev–Trinajstić information content (AvgIpc) is 2.39. The maximum Gasteiger partial charge on any atom is 0.341 e. The van der Waals surface area contributed by atoms with Crippen molar-refractivity contribution in [2.45, 2.75) is 4.90 Å². The van der Waals surface area contributed by atoms with E-state index >= 15 is 0 Å². The number of fused-ring (bicyclic) bond motifs is 1. The molecule has 1 aromatic heterocycles. The fourth-order valence-corrected chi connectivity index (χ4v) is 3.33. The smallest absolute Gasteiger partial charge is 0.305 e. The van der Waals surface area contributed by atoms with Crippen LogP contribution in [0.2, 0.25) is 0 Å². The number of benzene rings is 1. The third-order valence-electron chi connectivity index (χ3n) is 2.69. The first-order valence-corrected chi connectivity index (χ1v) is 6.91. The number of aromatic nitrogens is 1. The van der Waals surface area contributed by atoms with E-state index in [1.807, 2.05) is 0 Å². The number of pyridine rings is 1. The zero-order valence-electron chi connectivity index (χ0n) is 9.65. The van der Waals surface area contributed by atoms with Gasteiger partial charge in [-0.2, -0.15) is 4.31 Å². The molecule has 19 heavy (non-hydrogen) atoms. The maximum atomic E-state index is 12.4. The summed E-state index contributed by atoms with van der Waals surface area (Å²) in [5.41, 5.74) is 0.277. The molecular weight excluding hydrogens is 266 g/mol. The lowest BCUT2D eigenvalue weighted by Gasteiger charge is -2.27. The van der Waals surface area contributed by atoms with Gasteiger partial charge < -0.3 is 5.32 Å².